The van der Waals surface area contributed by atoms with Crippen molar-refractivity contribution in [1.82, 2.24) is 9.55 Å². The van der Waals surface area contributed by atoms with Crippen LogP contribution in [-0.2, 0) is 11.8 Å². The van der Waals surface area contributed by atoms with E-state index < -0.39 is 0 Å². The number of carbonyl (C=O) groups excluding carboxylic acids is 2. The Bertz CT molecular complexity index is 975. The zero-order chi connectivity index (χ0) is 20.1. The van der Waals surface area contributed by atoms with Crippen LogP contribution in [0.25, 0.3) is 0 Å². The smallest absolute Gasteiger partial charge is 0.262 e. The first kappa shape index (κ1) is 19.4. The number of nitrogens with zero attached hydrogens (tertiary/aromatic N) is 2. The van der Waals surface area contributed by atoms with E-state index in [1.165, 1.54) is 0 Å². The molecule has 144 valence electrons. The van der Waals surface area contributed by atoms with E-state index in [0.29, 0.717) is 28.7 Å². The summed E-state index contributed by atoms with van der Waals surface area (Å²) in [5, 5.41) is 2.77. The van der Waals surface area contributed by atoms with Gasteiger partial charge in [0, 0.05) is 30.7 Å². The number of aromatic nitrogens is 2. The lowest BCUT2D eigenvalue weighted by Gasteiger charge is -2.10. The van der Waals surface area contributed by atoms with Crippen molar-refractivity contribution in [3.8, 4) is 5.75 Å². The highest BCUT2D eigenvalue weighted by atomic mass is 16.5. The predicted octanol–water partition coefficient (Wildman–Crippen LogP) is 3.79. The van der Waals surface area contributed by atoms with Crippen molar-refractivity contribution >= 4 is 17.4 Å². The Labute approximate surface area is 164 Å². The molecule has 0 unspecified atom stereocenters. The monoisotopic (exact) mass is 377 g/mol. The molecule has 0 aliphatic rings. The van der Waals surface area contributed by atoms with Crippen LogP contribution in [0, 0.1) is 0 Å². The van der Waals surface area contributed by atoms with Gasteiger partial charge in [-0.15, -0.1) is 0 Å². The first-order valence-corrected chi connectivity index (χ1v) is 9.08. The number of imidazole rings is 1. The predicted molar refractivity (Wildman–Crippen MR) is 108 cm³/mol. The van der Waals surface area contributed by atoms with E-state index in [1.54, 1.807) is 48.3 Å². The molecule has 0 aliphatic carbocycles. The SMILES string of the molecule is CC(C)c1cccc(OCC(=O)Nc2ccc(C(=O)c3nccn3C)cc2)c1. The van der Waals surface area contributed by atoms with Gasteiger partial charge in [0.2, 0.25) is 5.78 Å². The molecule has 0 saturated heterocycles. The van der Waals surface area contributed by atoms with E-state index >= 15 is 0 Å². The number of ether oxygens (including phenoxy) is 1. The highest BCUT2D eigenvalue weighted by Crippen LogP contribution is 2.20. The van der Waals surface area contributed by atoms with Crippen LogP contribution in [0.5, 0.6) is 5.75 Å². The summed E-state index contributed by atoms with van der Waals surface area (Å²) in [6, 6.07) is 14.4. The maximum atomic E-state index is 12.4. The molecule has 0 radical (unpaired) electrons. The zero-order valence-electron chi connectivity index (χ0n) is 16.2. The number of hydrogen-bond donors (Lipinski definition) is 1. The molecular formula is C22H23N3O3. The molecule has 2 aromatic carbocycles. The maximum Gasteiger partial charge on any atom is 0.262 e. The van der Waals surface area contributed by atoms with Crippen molar-refractivity contribution in [3.63, 3.8) is 0 Å². The number of benzene rings is 2. The standard InChI is InChI=1S/C22H23N3O3/c1-15(2)17-5-4-6-19(13-17)28-14-20(26)24-18-9-7-16(8-10-18)21(27)22-23-11-12-25(22)3/h4-13,15H,14H2,1-3H3,(H,24,26). The van der Waals surface area contributed by atoms with Crippen LogP contribution in [0.15, 0.2) is 60.9 Å². The number of carbonyl (C=O) groups is 2. The van der Waals surface area contributed by atoms with Gasteiger partial charge in [-0.3, -0.25) is 9.59 Å². The Hall–Kier alpha value is -3.41. The number of nitrogens with one attached hydrogen (secondary N) is 1. The number of amides is 1. The Morgan fingerprint density at radius 1 is 1.14 bits per heavy atom. The number of rotatable bonds is 7. The molecule has 28 heavy (non-hydrogen) atoms. The molecular weight excluding hydrogens is 354 g/mol. The maximum absolute atomic E-state index is 12.4. The van der Waals surface area contributed by atoms with Gasteiger partial charge < -0.3 is 14.6 Å². The molecule has 6 nitrogen and oxygen atoms in total. The van der Waals surface area contributed by atoms with Crippen LogP contribution in [-0.4, -0.2) is 27.8 Å². The van der Waals surface area contributed by atoms with Crippen molar-refractivity contribution in [1.29, 1.82) is 0 Å². The summed E-state index contributed by atoms with van der Waals surface area (Å²) in [4.78, 5) is 28.6. The van der Waals surface area contributed by atoms with Gasteiger partial charge in [-0.05, 0) is 47.9 Å². The second-order valence-electron chi connectivity index (χ2n) is 6.83. The first-order chi connectivity index (χ1) is 13.4. The fourth-order valence-electron chi connectivity index (χ4n) is 2.73. The normalized spacial score (nSPS) is 10.7. The Kier molecular flexibility index (Phi) is 5.89. The number of ketones is 1. The molecule has 1 heterocycles. The number of aryl methyl sites for hydroxylation is 1. The molecule has 6 heteroatoms. The molecule has 3 aromatic rings. The van der Waals surface area contributed by atoms with Crippen molar-refractivity contribution in [2.45, 2.75) is 19.8 Å². The molecule has 1 N–H and O–H groups in total. The van der Waals surface area contributed by atoms with Crippen LogP contribution in [0.2, 0.25) is 0 Å². The van der Waals surface area contributed by atoms with Gasteiger partial charge in [0.25, 0.3) is 5.91 Å². The van der Waals surface area contributed by atoms with Gasteiger partial charge in [0.05, 0.1) is 0 Å². The van der Waals surface area contributed by atoms with E-state index in [0.717, 1.165) is 5.56 Å². The van der Waals surface area contributed by atoms with Crippen molar-refractivity contribution in [2.75, 3.05) is 11.9 Å². The fraction of sp³-hybridized carbons (Fsp3) is 0.227. The zero-order valence-corrected chi connectivity index (χ0v) is 16.2. The Morgan fingerprint density at radius 3 is 2.54 bits per heavy atom. The van der Waals surface area contributed by atoms with E-state index in [4.69, 9.17) is 4.74 Å². The van der Waals surface area contributed by atoms with Crippen molar-refractivity contribution in [2.24, 2.45) is 7.05 Å². The van der Waals surface area contributed by atoms with Gasteiger partial charge in [0.15, 0.2) is 12.4 Å². The minimum atomic E-state index is -0.266. The van der Waals surface area contributed by atoms with E-state index in [1.807, 2.05) is 24.3 Å². The van der Waals surface area contributed by atoms with Gasteiger partial charge in [-0.25, -0.2) is 4.98 Å². The van der Waals surface area contributed by atoms with Gasteiger partial charge in [-0.1, -0.05) is 26.0 Å². The van der Waals surface area contributed by atoms with E-state index in [-0.39, 0.29) is 18.3 Å². The third kappa shape index (κ3) is 4.65. The summed E-state index contributed by atoms with van der Waals surface area (Å²) in [7, 11) is 1.77. The van der Waals surface area contributed by atoms with E-state index in [2.05, 4.69) is 24.1 Å². The molecule has 0 bridgehead atoms. The lowest BCUT2D eigenvalue weighted by molar-refractivity contribution is -0.118. The Balaban J connectivity index is 1.57. The van der Waals surface area contributed by atoms with Crippen LogP contribution < -0.4 is 10.1 Å². The molecule has 0 atom stereocenters. The molecule has 0 aliphatic heterocycles. The summed E-state index contributed by atoms with van der Waals surface area (Å²) < 4.78 is 7.25. The van der Waals surface area contributed by atoms with Crippen LogP contribution in [0.4, 0.5) is 5.69 Å². The third-order valence-corrected chi connectivity index (χ3v) is 4.35. The van der Waals surface area contributed by atoms with Crippen LogP contribution in [0.3, 0.4) is 0 Å². The minimum absolute atomic E-state index is 0.0878. The summed E-state index contributed by atoms with van der Waals surface area (Å²) in [5.41, 5.74) is 2.26. The highest BCUT2D eigenvalue weighted by Gasteiger charge is 2.13. The van der Waals surface area contributed by atoms with Crippen molar-refractivity contribution in [3.05, 3.63) is 77.9 Å². The molecule has 1 amide bonds. The van der Waals surface area contributed by atoms with Gasteiger partial charge in [-0.2, -0.15) is 0 Å². The van der Waals surface area contributed by atoms with E-state index in [9.17, 15) is 9.59 Å². The van der Waals surface area contributed by atoms with Gasteiger partial charge >= 0.3 is 0 Å². The molecule has 0 fully saturated rings. The first-order valence-electron chi connectivity index (χ1n) is 9.08. The fourth-order valence-corrected chi connectivity index (χ4v) is 2.73. The lowest BCUT2D eigenvalue weighted by atomic mass is 10.0. The summed E-state index contributed by atoms with van der Waals surface area (Å²) in [6.45, 7) is 4.12. The number of anilines is 1. The quantitative estimate of drug-likeness (QED) is 0.636. The summed E-state index contributed by atoms with van der Waals surface area (Å²) in [6.07, 6.45) is 3.30. The lowest BCUT2D eigenvalue weighted by Crippen LogP contribution is -2.20. The van der Waals surface area contributed by atoms with Crippen LogP contribution in [0.1, 0.15) is 41.5 Å². The second kappa shape index (κ2) is 8.52. The average molecular weight is 377 g/mol. The molecule has 3 rings (SSSR count). The largest absolute Gasteiger partial charge is 0.484 e. The summed E-state index contributed by atoms with van der Waals surface area (Å²) in [5.74, 6) is 0.993. The number of hydrogen-bond acceptors (Lipinski definition) is 4. The topological polar surface area (TPSA) is 73.2 Å². The molecule has 1 aromatic heterocycles. The molecule has 0 spiro atoms. The molecule has 0 saturated carbocycles. The summed E-state index contributed by atoms with van der Waals surface area (Å²) >= 11 is 0. The van der Waals surface area contributed by atoms with Crippen LogP contribution >= 0.6 is 0 Å². The third-order valence-electron chi connectivity index (χ3n) is 4.35. The second-order valence-corrected chi connectivity index (χ2v) is 6.83. The average Bonchev–Trinajstić information content (AvgIpc) is 3.12. The van der Waals surface area contributed by atoms with Crippen molar-refractivity contribution < 1.29 is 14.3 Å². The Morgan fingerprint density at radius 2 is 1.89 bits per heavy atom. The van der Waals surface area contributed by atoms with Gasteiger partial charge in [0.1, 0.15) is 5.75 Å². The highest BCUT2D eigenvalue weighted by molar-refractivity contribution is 6.07. The minimum Gasteiger partial charge on any atom is -0.484 e.